The summed E-state index contributed by atoms with van der Waals surface area (Å²) >= 11 is 0. The molecule has 0 bridgehead atoms. The molecule has 0 aromatic heterocycles. The van der Waals surface area contributed by atoms with E-state index in [1.54, 1.807) is 0 Å². The van der Waals surface area contributed by atoms with E-state index in [1.807, 2.05) is 0 Å². The fourth-order valence-electron chi connectivity index (χ4n) is 2.64. The van der Waals surface area contributed by atoms with Crippen LogP contribution in [0.25, 0.3) is 0 Å². The molecule has 0 radical (unpaired) electrons. The number of carboxylic acid groups (broad SMARTS) is 1. The predicted octanol–water partition coefficient (Wildman–Crippen LogP) is 3.29. The summed E-state index contributed by atoms with van der Waals surface area (Å²) in [6.45, 7) is 2.27. The van der Waals surface area contributed by atoms with E-state index in [4.69, 9.17) is 4.55 Å². The van der Waals surface area contributed by atoms with Gasteiger partial charge in [-0.1, -0.05) is 96.8 Å². The van der Waals surface area contributed by atoms with Crippen LogP contribution in [0.4, 0.5) is 0 Å². The van der Waals surface area contributed by atoms with Gasteiger partial charge in [-0.3, -0.25) is 4.55 Å². The molecular formula is C18H36MgO7S2. The third-order valence-corrected chi connectivity index (χ3v) is 5.56. The molecule has 7 nitrogen and oxygen atoms in total. The van der Waals surface area contributed by atoms with Crippen LogP contribution < -0.4 is 5.11 Å². The normalized spacial score (nSPS) is 11.8. The molecular weight excluding hydrogens is 417 g/mol. The molecule has 0 saturated carbocycles. The van der Waals surface area contributed by atoms with Gasteiger partial charge in [-0.15, -0.1) is 0 Å². The fraction of sp³-hybridized carbons (Fsp3) is 0.944. The van der Waals surface area contributed by atoms with Crippen molar-refractivity contribution in [3.05, 3.63) is 0 Å². The maximum atomic E-state index is 10.2. The van der Waals surface area contributed by atoms with E-state index in [9.17, 15) is 27.1 Å². The van der Waals surface area contributed by atoms with E-state index in [2.05, 4.69) is 6.92 Å². The molecule has 0 spiro atoms. The molecule has 0 aliphatic rings. The molecule has 164 valence electrons. The van der Waals surface area contributed by atoms with Crippen LogP contribution >= 0.6 is 0 Å². The van der Waals surface area contributed by atoms with Gasteiger partial charge in [-0.2, -0.15) is 0 Å². The van der Waals surface area contributed by atoms with Gasteiger partial charge in [0.05, 0.1) is 0 Å². The first-order valence-corrected chi connectivity index (χ1v) is 13.0. The van der Waals surface area contributed by atoms with Gasteiger partial charge in [-0.05, 0) is 12.8 Å². The average molecular weight is 453 g/mol. The zero-order chi connectivity index (χ0) is 21.0. The summed E-state index contributed by atoms with van der Waals surface area (Å²) in [4.78, 5) is 10.2. The van der Waals surface area contributed by atoms with Crippen molar-refractivity contribution in [1.29, 1.82) is 0 Å². The fourth-order valence-corrected chi connectivity index (χ4v) is 2.64. The van der Waals surface area contributed by atoms with E-state index in [1.165, 1.54) is 83.5 Å². The van der Waals surface area contributed by atoms with Crippen molar-refractivity contribution in [2.45, 2.75) is 110 Å². The molecule has 28 heavy (non-hydrogen) atoms. The Morgan fingerprint density at radius 3 is 1.25 bits per heavy atom. The number of rotatable bonds is 17. The van der Waals surface area contributed by atoms with Crippen molar-refractivity contribution in [3.63, 3.8) is 0 Å². The van der Waals surface area contributed by atoms with Crippen LogP contribution in [-0.2, 0) is 24.1 Å². The first-order chi connectivity index (χ1) is 12.7. The van der Waals surface area contributed by atoms with Crippen molar-refractivity contribution in [2.75, 3.05) is 0 Å². The van der Waals surface area contributed by atoms with Crippen LogP contribution in [-0.4, -0.2) is 50.8 Å². The summed E-state index contributed by atoms with van der Waals surface area (Å²) in [5.74, 6) is -0.903. The number of hydrogen-bond acceptors (Lipinski definition) is 6. The molecule has 0 saturated heterocycles. The van der Waals surface area contributed by atoms with Gasteiger partial charge < -0.3 is 14.5 Å². The molecule has 1 atom stereocenters. The minimum Gasteiger partial charge on any atom is -0.736 e. The Labute approximate surface area is 189 Å². The van der Waals surface area contributed by atoms with Crippen LogP contribution in [0.15, 0.2) is 0 Å². The van der Waals surface area contributed by atoms with Crippen molar-refractivity contribution in [2.24, 2.45) is 0 Å². The van der Waals surface area contributed by atoms with E-state index in [0.29, 0.717) is 0 Å². The quantitative estimate of drug-likeness (QED) is 0.117. The summed E-state index contributed by atoms with van der Waals surface area (Å²) in [6.07, 6.45) is 19.9. The van der Waals surface area contributed by atoms with Crippen molar-refractivity contribution in [3.8, 4) is 0 Å². The van der Waals surface area contributed by atoms with Gasteiger partial charge in [0.15, 0.2) is 0 Å². The van der Waals surface area contributed by atoms with Crippen LogP contribution in [0.2, 0.25) is 0 Å². The monoisotopic (exact) mass is 452 g/mol. The summed E-state index contributed by atoms with van der Waals surface area (Å²) in [7, 11) is -8.23. The number of hydrogen-bond donors (Lipinski definition) is 1. The number of unbranched alkanes of at least 4 members (excludes halogenated alkanes) is 14. The predicted molar refractivity (Wildman–Crippen MR) is 111 cm³/mol. The first-order valence-electron chi connectivity index (χ1n) is 9.98. The maximum Gasteiger partial charge on any atom is 2.00 e. The Morgan fingerprint density at radius 2 is 1.04 bits per heavy atom. The molecule has 0 fully saturated rings. The third-order valence-electron chi connectivity index (χ3n) is 4.16. The van der Waals surface area contributed by atoms with Crippen molar-refractivity contribution < 1.29 is 31.6 Å². The standard InChI is InChI=1S/C18H36O2.Mg.H2O5S2/c1-2-3-4-5-6-7-8-9-10-11-12-13-14-15-16-17-18(19)20;;1-6(2)7(3,4)5/h2-17H2,1H3,(H,19,20);;(H,1,2)(H,3,4,5)/q;+2;/p-2. The van der Waals surface area contributed by atoms with E-state index < -0.39 is 25.2 Å². The van der Waals surface area contributed by atoms with Gasteiger partial charge in [0.1, 0.15) is 0 Å². The summed E-state index contributed by atoms with van der Waals surface area (Å²) in [5, 5.41) is 10.2. The summed E-state index contributed by atoms with van der Waals surface area (Å²) < 4.78 is 44.4. The second-order valence-electron chi connectivity index (χ2n) is 6.70. The Balaban J connectivity index is -0.000000665. The van der Waals surface area contributed by atoms with Crippen LogP contribution in [0.5, 0.6) is 0 Å². The minimum atomic E-state index is -4.96. The second-order valence-corrected chi connectivity index (χ2v) is 10.0. The third kappa shape index (κ3) is 31.0. The van der Waals surface area contributed by atoms with Gasteiger partial charge in [0.25, 0.3) is 10.1 Å². The number of carbonyl (C=O) groups excluding carboxylic acids is 1. The molecule has 0 aliphatic carbocycles. The van der Waals surface area contributed by atoms with Gasteiger partial charge in [0.2, 0.25) is 9.15 Å². The van der Waals surface area contributed by atoms with Gasteiger partial charge in [-0.25, -0.2) is 12.6 Å². The summed E-state index contributed by atoms with van der Waals surface area (Å²) in [6, 6.07) is 0. The van der Waals surface area contributed by atoms with Crippen LogP contribution in [0, 0.1) is 0 Å². The number of carbonyl (C=O) groups is 1. The Morgan fingerprint density at radius 1 is 0.786 bits per heavy atom. The zero-order valence-electron chi connectivity index (χ0n) is 17.2. The molecule has 10 heteroatoms. The molecule has 1 N–H and O–H groups in total. The van der Waals surface area contributed by atoms with E-state index in [0.717, 1.165) is 12.8 Å². The Kier molecular flexibility index (Phi) is 27.7. The zero-order valence-corrected chi connectivity index (χ0v) is 20.3. The Bertz CT molecular complexity index is 471. The van der Waals surface area contributed by atoms with Crippen LogP contribution in [0.3, 0.4) is 0 Å². The average Bonchev–Trinajstić information content (AvgIpc) is 2.57. The first kappa shape index (κ1) is 32.9. The minimum absolute atomic E-state index is 0. The number of aliphatic carboxylic acids is 1. The van der Waals surface area contributed by atoms with Gasteiger partial charge in [0, 0.05) is 5.97 Å². The molecule has 0 aliphatic heterocycles. The SMILES string of the molecule is CCCCCCCCCCCCCCCCCC(=O)[O-].O=S(O)S(=O)(=O)[O-].[Mg+2]. The maximum absolute atomic E-state index is 10.2. The molecule has 0 amide bonds. The molecule has 0 aromatic carbocycles. The smallest absolute Gasteiger partial charge is 0.736 e. The summed E-state index contributed by atoms with van der Waals surface area (Å²) in [5.41, 5.74) is 0. The van der Waals surface area contributed by atoms with Crippen molar-refractivity contribution >= 4 is 48.3 Å². The molecule has 1 unspecified atom stereocenters. The van der Waals surface area contributed by atoms with E-state index in [-0.39, 0.29) is 29.5 Å². The number of carboxylic acids is 1. The molecule has 0 heterocycles. The molecule has 0 rings (SSSR count). The Hall–Kier alpha value is 0.256. The van der Waals surface area contributed by atoms with Crippen LogP contribution in [0.1, 0.15) is 110 Å². The van der Waals surface area contributed by atoms with Crippen molar-refractivity contribution in [1.82, 2.24) is 0 Å². The van der Waals surface area contributed by atoms with E-state index >= 15 is 0 Å². The second kappa shape index (κ2) is 23.5. The topological polar surface area (TPSA) is 135 Å². The van der Waals surface area contributed by atoms with Gasteiger partial charge >= 0.3 is 23.1 Å². The largest absolute Gasteiger partial charge is 2.00 e. The molecule has 0 aromatic rings.